The lowest BCUT2D eigenvalue weighted by molar-refractivity contribution is -0.384. The molecule has 1 fully saturated rings. The lowest BCUT2D eigenvalue weighted by atomic mass is 10.1. The van der Waals surface area contributed by atoms with Crippen LogP contribution in [0.1, 0.15) is 15.9 Å². The van der Waals surface area contributed by atoms with E-state index in [0.717, 1.165) is 5.56 Å². The Kier molecular flexibility index (Phi) is 6.18. The second-order valence-electron chi connectivity index (χ2n) is 7.31. The number of aromatic nitrogens is 2. The van der Waals surface area contributed by atoms with Crippen molar-refractivity contribution in [2.45, 2.75) is 6.92 Å². The van der Waals surface area contributed by atoms with Gasteiger partial charge in [0.05, 0.1) is 4.92 Å². The molecular formula is C22H20ClN5O4. The smallest absolute Gasteiger partial charge is 0.270 e. The molecule has 1 amide bonds. The van der Waals surface area contributed by atoms with Crippen molar-refractivity contribution in [3.05, 3.63) is 81.1 Å². The Balaban J connectivity index is 1.40. The van der Waals surface area contributed by atoms with Crippen molar-refractivity contribution in [3.8, 4) is 11.6 Å². The summed E-state index contributed by atoms with van der Waals surface area (Å²) in [6.07, 6.45) is 1.44. The molecule has 4 rings (SSSR count). The van der Waals surface area contributed by atoms with Gasteiger partial charge >= 0.3 is 0 Å². The van der Waals surface area contributed by atoms with E-state index in [1.54, 1.807) is 29.2 Å². The molecule has 2 heterocycles. The predicted molar refractivity (Wildman–Crippen MR) is 120 cm³/mol. The van der Waals surface area contributed by atoms with Crippen molar-refractivity contribution in [3.63, 3.8) is 0 Å². The second kappa shape index (κ2) is 9.19. The summed E-state index contributed by atoms with van der Waals surface area (Å²) >= 11 is 6.06. The fourth-order valence-electron chi connectivity index (χ4n) is 3.43. The standard InChI is InChI=1S/C22H20ClN5O4/c1-15-11-18(5-6-19(15)23)32-21-13-20(24-14-25-21)26-7-9-27(10-8-26)22(29)16-3-2-4-17(12-16)28(30)31/h2-6,11-14H,7-10H2,1H3. The first-order chi connectivity index (χ1) is 15.4. The summed E-state index contributed by atoms with van der Waals surface area (Å²) in [5.41, 5.74) is 1.12. The lowest BCUT2D eigenvalue weighted by Gasteiger charge is -2.35. The first-order valence-electron chi connectivity index (χ1n) is 9.95. The minimum Gasteiger partial charge on any atom is -0.439 e. The number of aryl methyl sites for hydroxylation is 1. The Morgan fingerprint density at radius 3 is 2.59 bits per heavy atom. The number of piperazine rings is 1. The molecule has 1 saturated heterocycles. The Morgan fingerprint density at radius 1 is 1.09 bits per heavy atom. The fourth-order valence-corrected chi connectivity index (χ4v) is 3.55. The number of carbonyl (C=O) groups excluding carboxylic acids is 1. The maximum atomic E-state index is 12.8. The molecule has 0 radical (unpaired) electrons. The molecule has 0 saturated carbocycles. The van der Waals surface area contributed by atoms with E-state index in [4.69, 9.17) is 16.3 Å². The molecule has 0 spiro atoms. The van der Waals surface area contributed by atoms with Gasteiger partial charge in [-0.3, -0.25) is 14.9 Å². The first-order valence-corrected chi connectivity index (χ1v) is 10.3. The summed E-state index contributed by atoms with van der Waals surface area (Å²) in [6.45, 7) is 3.97. The van der Waals surface area contributed by atoms with Crippen molar-refractivity contribution in [1.82, 2.24) is 14.9 Å². The van der Waals surface area contributed by atoms with E-state index in [1.807, 2.05) is 17.9 Å². The number of hydrogen-bond acceptors (Lipinski definition) is 7. The minimum atomic E-state index is -0.505. The van der Waals surface area contributed by atoms with Gasteiger partial charge in [0, 0.05) is 55.0 Å². The number of nitrogens with zero attached hydrogens (tertiary/aromatic N) is 5. The third-order valence-corrected chi connectivity index (χ3v) is 5.60. The highest BCUT2D eigenvalue weighted by Gasteiger charge is 2.24. The molecule has 0 atom stereocenters. The van der Waals surface area contributed by atoms with E-state index >= 15 is 0 Å². The highest BCUT2D eigenvalue weighted by molar-refractivity contribution is 6.31. The number of non-ortho nitro benzene ring substituents is 1. The molecule has 3 aromatic rings. The highest BCUT2D eigenvalue weighted by Crippen LogP contribution is 2.26. The van der Waals surface area contributed by atoms with E-state index in [1.165, 1.54) is 24.5 Å². The molecule has 164 valence electrons. The molecular weight excluding hydrogens is 434 g/mol. The summed E-state index contributed by atoms with van der Waals surface area (Å²) in [5.74, 6) is 1.51. The van der Waals surface area contributed by atoms with Gasteiger partial charge in [-0.1, -0.05) is 17.7 Å². The van der Waals surface area contributed by atoms with Crippen LogP contribution in [0.4, 0.5) is 11.5 Å². The number of anilines is 1. The van der Waals surface area contributed by atoms with Crippen LogP contribution in [-0.4, -0.2) is 51.9 Å². The fraction of sp³-hybridized carbons (Fsp3) is 0.227. The Hall–Kier alpha value is -3.72. The molecule has 1 aliphatic rings. The van der Waals surface area contributed by atoms with Gasteiger partial charge in [-0.05, 0) is 36.8 Å². The number of nitro benzene ring substituents is 1. The topological polar surface area (TPSA) is 102 Å². The average molecular weight is 454 g/mol. The number of carbonyl (C=O) groups is 1. The van der Waals surface area contributed by atoms with Gasteiger partial charge in [0.2, 0.25) is 5.88 Å². The molecule has 0 unspecified atom stereocenters. The summed E-state index contributed by atoms with van der Waals surface area (Å²) in [5, 5.41) is 11.6. The van der Waals surface area contributed by atoms with Gasteiger partial charge in [-0.25, -0.2) is 9.97 Å². The first kappa shape index (κ1) is 21.5. The summed E-state index contributed by atoms with van der Waals surface area (Å²) in [4.78, 5) is 35.5. The Morgan fingerprint density at radius 2 is 1.88 bits per heavy atom. The van der Waals surface area contributed by atoms with Crippen LogP contribution in [0.25, 0.3) is 0 Å². The monoisotopic (exact) mass is 453 g/mol. The van der Waals surface area contributed by atoms with Crippen molar-refractivity contribution < 1.29 is 14.5 Å². The molecule has 1 aromatic heterocycles. The zero-order valence-electron chi connectivity index (χ0n) is 17.3. The second-order valence-corrected chi connectivity index (χ2v) is 7.72. The number of halogens is 1. The van der Waals surface area contributed by atoms with Crippen LogP contribution < -0.4 is 9.64 Å². The summed E-state index contributed by atoms with van der Waals surface area (Å²) < 4.78 is 5.84. The van der Waals surface area contributed by atoms with Crippen molar-refractivity contribution in [2.75, 3.05) is 31.1 Å². The van der Waals surface area contributed by atoms with Crippen LogP contribution >= 0.6 is 11.6 Å². The minimum absolute atomic E-state index is 0.0983. The predicted octanol–water partition coefficient (Wildman–Crippen LogP) is 4.10. The van der Waals surface area contributed by atoms with Gasteiger partial charge in [0.1, 0.15) is 17.9 Å². The number of benzene rings is 2. The number of amides is 1. The Labute approximate surface area is 189 Å². The molecule has 0 aliphatic carbocycles. The van der Waals surface area contributed by atoms with E-state index in [9.17, 15) is 14.9 Å². The van der Waals surface area contributed by atoms with Crippen LogP contribution in [0.2, 0.25) is 5.02 Å². The normalized spacial score (nSPS) is 13.7. The van der Waals surface area contributed by atoms with E-state index < -0.39 is 4.92 Å². The van der Waals surface area contributed by atoms with E-state index in [-0.39, 0.29) is 11.6 Å². The zero-order valence-corrected chi connectivity index (χ0v) is 18.0. The van der Waals surface area contributed by atoms with Crippen LogP contribution in [0.3, 0.4) is 0 Å². The van der Waals surface area contributed by atoms with Crippen LogP contribution in [0.15, 0.2) is 54.9 Å². The van der Waals surface area contributed by atoms with Crippen LogP contribution in [0, 0.1) is 17.0 Å². The third-order valence-electron chi connectivity index (χ3n) is 5.17. The molecule has 0 bridgehead atoms. The molecule has 1 aliphatic heterocycles. The lowest BCUT2D eigenvalue weighted by Crippen LogP contribution is -2.49. The molecule has 10 heteroatoms. The maximum absolute atomic E-state index is 12.8. The van der Waals surface area contributed by atoms with Gasteiger partial charge in [0.25, 0.3) is 11.6 Å². The molecule has 9 nitrogen and oxygen atoms in total. The third kappa shape index (κ3) is 4.78. The van der Waals surface area contributed by atoms with E-state index in [0.29, 0.717) is 54.2 Å². The highest BCUT2D eigenvalue weighted by atomic mass is 35.5. The SMILES string of the molecule is Cc1cc(Oc2cc(N3CCN(C(=O)c4cccc([N+](=O)[O-])c4)CC3)ncn2)ccc1Cl. The Bertz CT molecular complexity index is 1160. The molecule has 32 heavy (non-hydrogen) atoms. The van der Waals surface area contributed by atoms with Crippen LogP contribution in [0.5, 0.6) is 11.6 Å². The zero-order chi connectivity index (χ0) is 22.7. The largest absolute Gasteiger partial charge is 0.439 e. The van der Waals surface area contributed by atoms with Gasteiger partial charge in [-0.15, -0.1) is 0 Å². The average Bonchev–Trinajstić information content (AvgIpc) is 2.81. The van der Waals surface area contributed by atoms with Crippen molar-refractivity contribution in [1.29, 1.82) is 0 Å². The van der Waals surface area contributed by atoms with Gasteiger partial charge in [0.15, 0.2) is 0 Å². The number of rotatable bonds is 5. The van der Waals surface area contributed by atoms with Crippen LogP contribution in [-0.2, 0) is 0 Å². The summed E-state index contributed by atoms with van der Waals surface area (Å²) in [6, 6.07) is 12.9. The van der Waals surface area contributed by atoms with Gasteiger partial charge in [-0.2, -0.15) is 0 Å². The molecule has 0 N–H and O–H groups in total. The van der Waals surface area contributed by atoms with Gasteiger partial charge < -0.3 is 14.5 Å². The van der Waals surface area contributed by atoms with E-state index in [2.05, 4.69) is 9.97 Å². The number of ether oxygens (including phenoxy) is 1. The number of nitro groups is 1. The maximum Gasteiger partial charge on any atom is 0.270 e. The van der Waals surface area contributed by atoms with Crippen molar-refractivity contribution >= 4 is 29.0 Å². The quantitative estimate of drug-likeness (QED) is 0.423. The summed E-state index contributed by atoms with van der Waals surface area (Å²) in [7, 11) is 0. The molecule has 2 aromatic carbocycles. The van der Waals surface area contributed by atoms with Crippen molar-refractivity contribution in [2.24, 2.45) is 0 Å². The number of hydrogen-bond donors (Lipinski definition) is 0.